The molecule has 0 fully saturated rings. The fraction of sp³-hybridized carbons (Fsp3) is 0.556. The smallest absolute Gasteiger partial charge is 0.255 e. The van der Waals surface area contributed by atoms with Crippen molar-refractivity contribution in [1.82, 2.24) is 10.2 Å². The predicted octanol–water partition coefficient (Wildman–Crippen LogP) is 1.53. The highest BCUT2D eigenvalue weighted by molar-refractivity contribution is 5.78. The van der Waals surface area contributed by atoms with Crippen LogP contribution in [0.3, 0.4) is 0 Å². The molecule has 1 aromatic rings. The molecule has 1 aromatic carbocycles. The van der Waals surface area contributed by atoms with Gasteiger partial charge in [0, 0.05) is 12.6 Å². The topological polar surface area (TPSA) is 84.7 Å². The van der Waals surface area contributed by atoms with Crippen LogP contribution in [0.5, 0.6) is 5.75 Å². The maximum absolute atomic E-state index is 12.1. The molecule has 0 spiro atoms. The molecular formula is C18H29N3O3. The van der Waals surface area contributed by atoms with E-state index >= 15 is 0 Å². The Morgan fingerprint density at radius 3 is 2.33 bits per heavy atom. The molecule has 134 valence electrons. The van der Waals surface area contributed by atoms with Crippen molar-refractivity contribution in [2.75, 3.05) is 20.2 Å². The fourth-order valence-electron chi connectivity index (χ4n) is 2.14. The second kappa shape index (κ2) is 8.68. The van der Waals surface area contributed by atoms with Gasteiger partial charge in [-0.1, -0.05) is 32.9 Å². The largest absolute Gasteiger partial charge is 0.484 e. The lowest BCUT2D eigenvalue weighted by molar-refractivity contribution is -0.123. The molecule has 6 heteroatoms. The van der Waals surface area contributed by atoms with Crippen LogP contribution in [0.1, 0.15) is 33.3 Å². The van der Waals surface area contributed by atoms with Crippen molar-refractivity contribution in [3.8, 4) is 5.75 Å². The minimum atomic E-state index is -0.514. The monoisotopic (exact) mass is 335 g/mol. The number of hydrogen-bond donors (Lipinski definition) is 2. The molecule has 0 saturated heterocycles. The molecule has 0 aliphatic rings. The number of hydrogen-bond acceptors (Lipinski definition) is 4. The van der Waals surface area contributed by atoms with Crippen LogP contribution in [-0.2, 0) is 16.1 Å². The molecule has 1 rings (SSSR count). The van der Waals surface area contributed by atoms with Gasteiger partial charge in [-0.3, -0.25) is 14.5 Å². The zero-order valence-corrected chi connectivity index (χ0v) is 15.3. The van der Waals surface area contributed by atoms with Gasteiger partial charge in [0.2, 0.25) is 5.91 Å². The van der Waals surface area contributed by atoms with E-state index in [0.29, 0.717) is 24.9 Å². The highest BCUT2D eigenvalue weighted by Crippen LogP contribution is 2.22. The van der Waals surface area contributed by atoms with E-state index in [1.165, 1.54) is 0 Å². The summed E-state index contributed by atoms with van der Waals surface area (Å²) in [5.74, 6) is 0.0465. The van der Waals surface area contributed by atoms with Gasteiger partial charge in [0.25, 0.3) is 5.91 Å². The number of nitrogens with one attached hydrogen (secondary N) is 1. The van der Waals surface area contributed by atoms with Gasteiger partial charge in [0.15, 0.2) is 6.61 Å². The van der Waals surface area contributed by atoms with Crippen molar-refractivity contribution in [3.05, 3.63) is 29.8 Å². The van der Waals surface area contributed by atoms with E-state index in [2.05, 4.69) is 37.9 Å². The Labute approximate surface area is 144 Å². The summed E-state index contributed by atoms with van der Waals surface area (Å²) in [6.07, 6.45) is 0. The van der Waals surface area contributed by atoms with E-state index in [0.717, 1.165) is 5.56 Å². The third-order valence-electron chi connectivity index (χ3n) is 4.10. The third-order valence-corrected chi connectivity index (χ3v) is 4.10. The minimum Gasteiger partial charge on any atom is -0.484 e. The summed E-state index contributed by atoms with van der Waals surface area (Å²) in [7, 11) is 1.96. The molecule has 1 atom stereocenters. The Bertz CT molecular complexity index is 550. The fourth-order valence-corrected chi connectivity index (χ4v) is 2.14. The second-order valence-electron chi connectivity index (χ2n) is 7.13. The predicted molar refractivity (Wildman–Crippen MR) is 94.5 cm³/mol. The second-order valence-corrected chi connectivity index (χ2v) is 7.13. The number of carbonyl (C=O) groups is 2. The van der Waals surface area contributed by atoms with Crippen LogP contribution < -0.4 is 15.8 Å². The van der Waals surface area contributed by atoms with Crippen LogP contribution in [-0.4, -0.2) is 43.0 Å². The summed E-state index contributed by atoms with van der Waals surface area (Å²) in [6.45, 7) is 9.27. The van der Waals surface area contributed by atoms with E-state index in [9.17, 15) is 9.59 Å². The highest BCUT2D eigenvalue weighted by Gasteiger charge is 2.24. The van der Waals surface area contributed by atoms with Crippen LogP contribution in [0.15, 0.2) is 24.3 Å². The number of ether oxygens (including phenoxy) is 1. The maximum atomic E-state index is 12.1. The third kappa shape index (κ3) is 7.00. The van der Waals surface area contributed by atoms with Crippen LogP contribution >= 0.6 is 0 Å². The lowest BCUT2D eigenvalue weighted by Gasteiger charge is -2.34. The molecule has 3 N–H and O–H groups in total. The van der Waals surface area contributed by atoms with E-state index in [1.807, 2.05) is 19.2 Å². The van der Waals surface area contributed by atoms with E-state index in [1.54, 1.807) is 12.1 Å². The molecule has 0 radical (unpaired) electrons. The molecule has 0 aromatic heterocycles. The van der Waals surface area contributed by atoms with Gasteiger partial charge < -0.3 is 15.8 Å². The van der Waals surface area contributed by atoms with Gasteiger partial charge in [0.05, 0.1) is 6.54 Å². The summed E-state index contributed by atoms with van der Waals surface area (Å²) < 4.78 is 5.19. The van der Waals surface area contributed by atoms with Gasteiger partial charge >= 0.3 is 0 Å². The van der Waals surface area contributed by atoms with Crippen LogP contribution in [0.2, 0.25) is 0 Å². The van der Waals surface area contributed by atoms with Crippen molar-refractivity contribution in [2.24, 2.45) is 11.1 Å². The minimum absolute atomic E-state index is 0.0114. The van der Waals surface area contributed by atoms with Crippen LogP contribution in [0, 0.1) is 5.41 Å². The van der Waals surface area contributed by atoms with Gasteiger partial charge in [-0.05, 0) is 37.1 Å². The molecule has 6 nitrogen and oxygen atoms in total. The first kappa shape index (κ1) is 20.0. The average molecular weight is 335 g/mol. The van der Waals surface area contributed by atoms with Crippen molar-refractivity contribution in [2.45, 2.75) is 40.3 Å². The standard InChI is InChI=1S/C18H29N3O3/c1-13(18(2,3)4)21(5)11-17(23)20-10-14-6-8-15(9-7-14)24-12-16(19)22/h6-9,13H,10-12H2,1-5H3,(H2,19,22)(H,20,23)/t13-/m1/s1. The molecular weight excluding hydrogens is 306 g/mol. The first-order valence-corrected chi connectivity index (χ1v) is 8.06. The summed E-state index contributed by atoms with van der Waals surface area (Å²) in [4.78, 5) is 24.8. The number of rotatable bonds is 8. The lowest BCUT2D eigenvalue weighted by Crippen LogP contribution is -2.44. The van der Waals surface area contributed by atoms with E-state index < -0.39 is 5.91 Å². The molecule has 0 saturated carbocycles. The molecule has 0 aliphatic heterocycles. The number of nitrogens with two attached hydrogens (primary N) is 1. The summed E-state index contributed by atoms with van der Waals surface area (Å²) in [5, 5.41) is 2.91. The molecule has 24 heavy (non-hydrogen) atoms. The Kier molecular flexibility index (Phi) is 7.22. The molecule has 0 bridgehead atoms. The quantitative estimate of drug-likeness (QED) is 0.754. The zero-order valence-electron chi connectivity index (χ0n) is 15.3. The van der Waals surface area contributed by atoms with Crippen molar-refractivity contribution < 1.29 is 14.3 Å². The Morgan fingerprint density at radius 2 is 1.83 bits per heavy atom. The summed E-state index contributed by atoms with van der Waals surface area (Å²) >= 11 is 0. The first-order valence-electron chi connectivity index (χ1n) is 8.06. The van der Waals surface area contributed by atoms with Crippen LogP contribution in [0.25, 0.3) is 0 Å². The van der Waals surface area contributed by atoms with Gasteiger partial charge in [-0.15, -0.1) is 0 Å². The van der Waals surface area contributed by atoms with Gasteiger partial charge in [-0.25, -0.2) is 0 Å². The molecule has 2 amide bonds. The zero-order chi connectivity index (χ0) is 18.3. The Hall–Kier alpha value is -2.08. The number of benzene rings is 1. The number of amides is 2. The summed E-state index contributed by atoms with van der Waals surface area (Å²) in [6, 6.07) is 7.48. The summed E-state index contributed by atoms with van der Waals surface area (Å²) in [5.41, 5.74) is 6.10. The van der Waals surface area contributed by atoms with Gasteiger partial charge in [0.1, 0.15) is 5.75 Å². The normalized spacial score (nSPS) is 12.8. The lowest BCUT2D eigenvalue weighted by atomic mass is 9.87. The maximum Gasteiger partial charge on any atom is 0.255 e. The number of primary amides is 1. The van der Waals surface area contributed by atoms with Crippen molar-refractivity contribution >= 4 is 11.8 Å². The van der Waals surface area contributed by atoms with Gasteiger partial charge in [-0.2, -0.15) is 0 Å². The number of likely N-dealkylation sites (N-methyl/N-ethyl adjacent to an activating group) is 1. The van der Waals surface area contributed by atoms with Crippen LogP contribution in [0.4, 0.5) is 0 Å². The highest BCUT2D eigenvalue weighted by atomic mass is 16.5. The molecule has 0 heterocycles. The number of nitrogens with zero attached hydrogens (tertiary/aromatic N) is 1. The SMILES string of the molecule is C[C@@H](N(C)CC(=O)NCc1ccc(OCC(N)=O)cc1)C(C)(C)C. The Morgan fingerprint density at radius 1 is 1.25 bits per heavy atom. The van der Waals surface area contributed by atoms with E-state index in [4.69, 9.17) is 10.5 Å². The average Bonchev–Trinajstić information content (AvgIpc) is 2.50. The first-order chi connectivity index (χ1) is 11.1. The molecule has 0 aliphatic carbocycles. The Balaban J connectivity index is 2.43. The van der Waals surface area contributed by atoms with Crippen molar-refractivity contribution in [1.29, 1.82) is 0 Å². The van der Waals surface area contributed by atoms with Crippen molar-refractivity contribution in [3.63, 3.8) is 0 Å². The molecule has 0 unspecified atom stereocenters. The number of carbonyl (C=O) groups excluding carboxylic acids is 2. The van der Waals surface area contributed by atoms with E-state index in [-0.39, 0.29) is 17.9 Å².